The average Bonchev–Trinajstić information content (AvgIpc) is 2.18. The molecule has 0 heterocycles. The molecule has 0 bridgehead atoms. The summed E-state index contributed by atoms with van der Waals surface area (Å²) in [6.07, 6.45) is 2.07. The molecule has 1 nitrogen and oxygen atoms in total. The van der Waals surface area contributed by atoms with Crippen LogP contribution in [0.2, 0.25) is 0 Å². The Kier molecular flexibility index (Phi) is 2.40. The highest BCUT2D eigenvalue weighted by molar-refractivity contribution is 5.88. The molecule has 14 heavy (non-hydrogen) atoms. The van der Waals surface area contributed by atoms with Crippen LogP contribution >= 0.6 is 0 Å². The normalized spacial score (nSPS) is 10.6. The minimum Gasteiger partial charge on any atom is -0.289 e. The van der Waals surface area contributed by atoms with Crippen LogP contribution in [0.5, 0.6) is 5.75 Å². The first-order chi connectivity index (χ1) is 6.81. The average molecular weight is 185 g/mol. The molecule has 0 fully saturated rings. The van der Waals surface area contributed by atoms with Crippen LogP contribution in [0, 0.1) is 0 Å². The Morgan fingerprint density at radius 2 is 1.93 bits per heavy atom. The van der Waals surface area contributed by atoms with E-state index in [1.54, 1.807) is 6.07 Å². The number of hydrogen-bond donors (Lipinski definition) is 0. The molecule has 0 amide bonds. The lowest BCUT2D eigenvalue weighted by atomic mass is 10.0. The van der Waals surface area contributed by atoms with Gasteiger partial charge in [0.25, 0.3) is 0 Å². The van der Waals surface area contributed by atoms with E-state index in [0.717, 1.165) is 29.2 Å². The lowest BCUT2D eigenvalue weighted by Gasteiger charge is -2.02. The lowest BCUT2D eigenvalue weighted by Crippen LogP contribution is -1.83. The number of fused-ring (bicyclic) bond motifs is 1. The van der Waals surface area contributed by atoms with Gasteiger partial charge < -0.3 is 0 Å². The van der Waals surface area contributed by atoms with Crippen LogP contribution in [-0.4, -0.2) is 0 Å². The van der Waals surface area contributed by atoms with E-state index < -0.39 is 0 Å². The molecule has 0 aliphatic heterocycles. The van der Waals surface area contributed by atoms with Crippen LogP contribution in [0.15, 0.2) is 36.4 Å². The molecule has 71 valence electrons. The number of benzene rings is 2. The van der Waals surface area contributed by atoms with Gasteiger partial charge in [-0.05, 0) is 23.4 Å². The van der Waals surface area contributed by atoms with Crippen molar-refractivity contribution in [2.45, 2.75) is 19.8 Å². The molecule has 1 radical (unpaired) electrons. The second-order valence-electron chi connectivity index (χ2n) is 3.57. The summed E-state index contributed by atoms with van der Waals surface area (Å²) in [7, 11) is 0. The molecule has 0 saturated carbocycles. The molecule has 2 aromatic rings. The smallest absolute Gasteiger partial charge is 0.186 e. The fraction of sp³-hybridized carbons (Fsp3) is 0.231. The highest BCUT2D eigenvalue weighted by Gasteiger charge is 2.02. The first kappa shape index (κ1) is 9.07. The number of hydrogen-bond acceptors (Lipinski definition) is 0. The minimum atomic E-state index is 0.145. The third-order valence-corrected chi connectivity index (χ3v) is 2.42. The van der Waals surface area contributed by atoms with Gasteiger partial charge in [0.2, 0.25) is 0 Å². The zero-order valence-corrected chi connectivity index (χ0v) is 8.29. The van der Waals surface area contributed by atoms with Gasteiger partial charge in [-0.25, -0.2) is 0 Å². The van der Waals surface area contributed by atoms with E-state index in [9.17, 15) is 5.11 Å². The Hall–Kier alpha value is -1.50. The van der Waals surface area contributed by atoms with Crippen molar-refractivity contribution in [3.05, 3.63) is 42.0 Å². The molecule has 0 unspecified atom stereocenters. The van der Waals surface area contributed by atoms with Gasteiger partial charge in [-0.2, -0.15) is 0 Å². The second kappa shape index (κ2) is 3.70. The van der Waals surface area contributed by atoms with Crippen LogP contribution in [0.1, 0.15) is 18.9 Å². The zero-order chi connectivity index (χ0) is 9.97. The van der Waals surface area contributed by atoms with Crippen molar-refractivity contribution >= 4 is 10.8 Å². The Labute approximate surface area is 84.0 Å². The molecule has 2 rings (SSSR count). The summed E-state index contributed by atoms with van der Waals surface area (Å²) in [5, 5.41) is 13.6. The standard InChI is InChI=1S/C13H13O/c1-2-5-10-8-11-6-3-4-7-12(11)13(14)9-10/h3-4,6-9H,2,5H2,1H3. The van der Waals surface area contributed by atoms with Crippen LogP contribution < -0.4 is 0 Å². The third kappa shape index (κ3) is 1.58. The predicted octanol–water partition coefficient (Wildman–Crippen LogP) is 3.94. The molecular formula is C13H13O. The van der Waals surface area contributed by atoms with Crippen LogP contribution in [0.3, 0.4) is 0 Å². The molecule has 0 aromatic heterocycles. The van der Waals surface area contributed by atoms with E-state index in [2.05, 4.69) is 13.0 Å². The molecule has 2 aromatic carbocycles. The van der Waals surface area contributed by atoms with Crippen molar-refractivity contribution in [1.29, 1.82) is 0 Å². The van der Waals surface area contributed by atoms with E-state index in [1.807, 2.05) is 24.3 Å². The summed E-state index contributed by atoms with van der Waals surface area (Å²) in [6, 6.07) is 11.6. The van der Waals surface area contributed by atoms with Crippen molar-refractivity contribution in [1.82, 2.24) is 0 Å². The first-order valence-corrected chi connectivity index (χ1v) is 5.00. The summed E-state index contributed by atoms with van der Waals surface area (Å²) >= 11 is 0. The first-order valence-electron chi connectivity index (χ1n) is 5.00. The monoisotopic (exact) mass is 185 g/mol. The molecule has 0 spiro atoms. The highest BCUT2D eigenvalue weighted by Crippen LogP contribution is 2.27. The van der Waals surface area contributed by atoms with E-state index in [-0.39, 0.29) is 5.75 Å². The van der Waals surface area contributed by atoms with Gasteiger partial charge in [0.05, 0.1) is 0 Å². The fourth-order valence-electron chi connectivity index (χ4n) is 1.77. The van der Waals surface area contributed by atoms with Gasteiger partial charge in [-0.3, -0.25) is 5.11 Å². The van der Waals surface area contributed by atoms with Gasteiger partial charge in [-0.15, -0.1) is 0 Å². The maximum atomic E-state index is 11.7. The van der Waals surface area contributed by atoms with Gasteiger partial charge in [0, 0.05) is 5.39 Å². The minimum absolute atomic E-state index is 0.145. The van der Waals surface area contributed by atoms with E-state index in [0.29, 0.717) is 0 Å². The Balaban J connectivity index is 2.60. The van der Waals surface area contributed by atoms with Gasteiger partial charge in [0.1, 0.15) is 0 Å². The Bertz CT molecular complexity index is 446. The Morgan fingerprint density at radius 1 is 1.14 bits per heavy atom. The van der Waals surface area contributed by atoms with Crippen LogP contribution in [0.4, 0.5) is 0 Å². The third-order valence-electron chi connectivity index (χ3n) is 2.42. The SMILES string of the molecule is CCCc1cc([O])c2ccccc2c1. The molecule has 0 aliphatic rings. The zero-order valence-electron chi connectivity index (χ0n) is 8.29. The topological polar surface area (TPSA) is 19.9 Å². The summed E-state index contributed by atoms with van der Waals surface area (Å²) in [5.41, 5.74) is 1.15. The van der Waals surface area contributed by atoms with Crippen molar-refractivity contribution < 1.29 is 5.11 Å². The van der Waals surface area contributed by atoms with E-state index in [4.69, 9.17) is 0 Å². The highest BCUT2D eigenvalue weighted by atomic mass is 16.3. The summed E-state index contributed by atoms with van der Waals surface area (Å²) in [4.78, 5) is 0. The molecule has 0 atom stereocenters. The molecule has 0 saturated heterocycles. The van der Waals surface area contributed by atoms with Crippen molar-refractivity contribution in [2.24, 2.45) is 0 Å². The number of aryl methyl sites for hydroxylation is 1. The number of rotatable bonds is 2. The second-order valence-corrected chi connectivity index (χ2v) is 3.57. The largest absolute Gasteiger partial charge is 0.289 e. The molecule has 0 N–H and O–H groups in total. The molecule has 1 heteroatoms. The van der Waals surface area contributed by atoms with Gasteiger partial charge in [0.15, 0.2) is 5.75 Å². The van der Waals surface area contributed by atoms with Crippen LogP contribution in [-0.2, 0) is 11.5 Å². The van der Waals surface area contributed by atoms with Gasteiger partial charge >= 0.3 is 0 Å². The molecule has 0 aliphatic carbocycles. The van der Waals surface area contributed by atoms with E-state index >= 15 is 0 Å². The van der Waals surface area contributed by atoms with Gasteiger partial charge in [-0.1, -0.05) is 43.7 Å². The maximum absolute atomic E-state index is 11.7. The summed E-state index contributed by atoms with van der Waals surface area (Å²) < 4.78 is 0. The van der Waals surface area contributed by atoms with Crippen molar-refractivity contribution in [3.63, 3.8) is 0 Å². The Morgan fingerprint density at radius 3 is 2.71 bits per heavy atom. The predicted molar refractivity (Wildman–Crippen MR) is 58.1 cm³/mol. The molecular weight excluding hydrogens is 172 g/mol. The van der Waals surface area contributed by atoms with E-state index in [1.165, 1.54) is 0 Å². The van der Waals surface area contributed by atoms with Crippen LogP contribution in [0.25, 0.3) is 10.8 Å². The van der Waals surface area contributed by atoms with Crippen molar-refractivity contribution in [2.75, 3.05) is 0 Å². The fourth-order valence-corrected chi connectivity index (χ4v) is 1.77. The van der Waals surface area contributed by atoms with Crippen molar-refractivity contribution in [3.8, 4) is 5.75 Å². The summed E-state index contributed by atoms with van der Waals surface area (Å²) in [6.45, 7) is 2.12. The summed E-state index contributed by atoms with van der Waals surface area (Å²) in [5.74, 6) is 0.145. The maximum Gasteiger partial charge on any atom is 0.186 e. The quantitative estimate of drug-likeness (QED) is 0.675. The lowest BCUT2D eigenvalue weighted by molar-refractivity contribution is 0.360.